The zero-order valence-corrected chi connectivity index (χ0v) is 22.2. The van der Waals surface area contributed by atoms with Crippen molar-refractivity contribution in [1.29, 1.82) is 0 Å². The maximum absolute atomic E-state index is 14.0. The Bertz CT molecular complexity index is 1270. The molecule has 1 aliphatic heterocycles. The number of amides is 3. The Morgan fingerprint density at radius 2 is 1.84 bits per heavy atom. The molecule has 2 heterocycles. The molecule has 0 spiro atoms. The van der Waals surface area contributed by atoms with Crippen molar-refractivity contribution < 1.29 is 19.1 Å². The lowest BCUT2D eigenvalue weighted by Crippen LogP contribution is -2.45. The van der Waals surface area contributed by atoms with Gasteiger partial charge in [-0.05, 0) is 47.6 Å². The number of ether oxygens (including phenoxy) is 1. The largest absolute Gasteiger partial charge is 0.395 e. The normalized spacial score (nSPS) is 15.6. The highest BCUT2D eigenvalue weighted by molar-refractivity contribution is 7.09. The molecule has 11 heteroatoms. The number of nitrogen functional groups attached to an aromatic ring is 1. The molecule has 1 fully saturated rings. The number of carbonyl (C=O) groups excluding carboxylic acids is 3. The van der Waals surface area contributed by atoms with Gasteiger partial charge in [0.1, 0.15) is 10.9 Å². The Morgan fingerprint density at radius 1 is 1.13 bits per heavy atom. The fourth-order valence-electron chi connectivity index (χ4n) is 4.36. The van der Waals surface area contributed by atoms with Crippen LogP contribution in [0.2, 0.25) is 0 Å². The molecule has 5 N–H and O–H groups in total. The summed E-state index contributed by atoms with van der Waals surface area (Å²) < 4.78 is 9.67. The zero-order chi connectivity index (χ0) is 27.2. The first-order valence-electron chi connectivity index (χ1n) is 12.3. The van der Waals surface area contributed by atoms with Crippen molar-refractivity contribution in [2.75, 3.05) is 37.9 Å². The van der Waals surface area contributed by atoms with E-state index in [2.05, 4.69) is 9.69 Å². The van der Waals surface area contributed by atoms with E-state index < -0.39 is 17.9 Å². The first-order chi connectivity index (χ1) is 18.3. The predicted molar refractivity (Wildman–Crippen MR) is 147 cm³/mol. The summed E-state index contributed by atoms with van der Waals surface area (Å²) >= 11 is 0.791. The molecular formula is C27H32N6O4S. The number of primary amides is 1. The second kappa shape index (κ2) is 12.1. The van der Waals surface area contributed by atoms with Gasteiger partial charge in [-0.1, -0.05) is 42.5 Å². The van der Waals surface area contributed by atoms with Gasteiger partial charge in [0.15, 0.2) is 5.69 Å². The van der Waals surface area contributed by atoms with Gasteiger partial charge in [-0.3, -0.25) is 14.4 Å². The van der Waals surface area contributed by atoms with Crippen molar-refractivity contribution in [2.24, 2.45) is 5.73 Å². The quantitative estimate of drug-likeness (QED) is 0.361. The Morgan fingerprint density at radius 3 is 2.42 bits per heavy atom. The molecule has 0 bridgehead atoms. The highest BCUT2D eigenvalue weighted by Crippen LogP contribution is 2.31. The lowest BCUT2D eigenvalue weighted by atomic mass is 10.0. The van der Waals surface area contributed by atoms with Crippen molar-refractivity contribution in [3.63, 3.8) is 0 Å². The topological polar surface area (TPSA) is 144 Å². The monoisotopic (exact) mass is 536 g/mol. The molecular weight excluding hydrogens is 504 g/mol. The average Bonchev–Trinajstić information content (AvgIpc) is 3.57. The first kappa shape index (κ1) is 27.1. The summed E-state index contributed by atoms with van der Waals surface area (Å²) in [4.78, 5) is 43.0. The summed E-state index contributed by atoms with van der Waals surface area (Å²) in [7, 11) is 3.85. The van der Waals surface area contributed by atoms with E-state index >= 15 is 0 Å². The summed E-state index contributed by atoms with van der Waals surface area (Å²) in [6.45, 7) is 1.13. The highest BCUT2D eigenvalue weighted by Gasteiger charge is 2.35. The van der Waals surface area contributed by atoms with Gasteiger partial charge in [-0.15, -0.1) is 0 Å². The van der Waals surface area contributed by atoms with Gasteiger partial charge in [0, 0.05) is 39.5 Å². The van der Waals surface area contributed by atoms with Crippen molar-refractivity contribution in [3.8, 4) is 0 Å². The van der Waals surface area contributed by atoms with Crippen LogP contribution < -0.4 is 21.7 Å². The number of hydrogen-bond donors (Lipinski definition) is 3. The number of rotatable bonds is 10. The molecule has 2 atom stereocenters. The number of nitrogens with one attached hydrogen (secondary N) is 1. The van der Waals surface area contributed by atoms with Crippen LogP contribution in [0.25, 0.3) is 0 Å². The standard InChI is InChI=1S/C27H32N6O4S/c1-32(2)19-12-10-18(11-13-19)23(26(35)30-15-20-9-6-14-37-20)33(16-17-7-4-3-5-8-17)27(36)24-21(28)22(25(29)34)31-38-24/h3-5,7-8,10-13,20,23H,6,9,14-16,28H2,1-2H3,(H2,29,34)(H,30,35)/t20-,23+/m0/s1. The van der Waals surface area contributed by atoms with Crippen LogP contribution in [0.1, 0.15) is 50.2 Å². The van der Waals surface area contributed by atoms with Gasteiger partial charge in [0.2, 0.25) is 5.91 Å². The van der Waals surface area contributed by atoms with Gasteiger partial charge < -0.3 is 31.3 Å². The van der Waals surface area contributed by atoms with E-state index in [9.17, 15) is 14.4 Å². The fourth-order valence-corrected chi connectivity index (χ4v) is 5.13. The molecule has 3 amide bonds. The summed E-state index contributed by atoms with van der Waals surface area (Å²) in [5.74, 6) is -1.69. The third-order valence-corrected chi connectivity index (χ3v) is 7.28. The van der Waals surface area contributed by atoms with E-state index in [-0.39, 0.29) is 34.8 Å². The molecule has 4 rings (SSSR count). The second-order valence-corrected chi connectivity index (χ2v) is 10.1. The van der Waals surface area contributed by atoms with Crippen LogP contribution in [0, 0.1) is 0 Å². The third-order valence-electron chi connectivity index (χ3n) is 6.43. The van der Waals surface area contributed by atoms with E-state index in [0.717, 1.165) is 35.6 Å². The molecule has 1 saturated heterocycles. The molecule has 1 aliphatic rings. The Kier molecular flexibility index (Phi) is 8.59. The Hall–Kier alpha value is -3.96. The molecule has 0 aliphatic carbocycles. The Labute approximate surface area is 225 Å². The summed E-state index contributed by atoms with van der Waals surface area (Å²) in [6, 6.07) is 15.8. The van der Waals surface area contributed by atoms with E-state index in [1.807, 2.05) is 73.6 Å². The first-order valence-corrected chi connectivity index (χ1v) is 13.1. The molecule has 10 nitrogen and oxygen atoms in total. The summed E-state index contributed by atoms with van der Waals surface area (Å²) in [6.07, 6.45) is 1.74. The minimum atomic E-state index is -0.987. The molecule has 2 aromatic carbocycles. The number of aromatic nitrogens is 1. The van der Waals surface area contributed by atoms with E-state index in [4.69, 9.17) is 16.2 Å². The third kappa shape index (κ3) is 6.12. The van der Waals surface area contributed by atoms with Crippen molar-refractivity contribution in [2.45, 2.75) is 31.5 Å². The van der Waals surface area contributed by atoms with Crippen LogP contribution in [0.15, 0.2) is 54.6 Å². The van der Waals surface area contributed by atoms with Crippen molar-refractivity contribution in [3.05, 3.63) is 76.3 Å². The maximum atomic E-state index is 14.0. The van der Waals surface area contributed by atoms with Gasteiger partial charge >= 0.3 is 0 Å². The van der Waals surface area contributed by atoms with Crippen LogP contribution in [-0.4, -0.2) is 60.3 Å². The van der Waals surface area contributed by atoms with Gasteiger partial charge in [0.25, 0.3) is 11.8 Å². The molecule has 3 aromatic rings. The van der Waals surface area contributed by atoms with Crippen molar-refractivity contribution >= 4 is 40.6 Å². The lowest BCUT2D eigenvalue weighted by Gasteiger charge is -2.32. The molecule has 0 saturated carbocycles. The number of benzene rings is 2. The van der Waals surface area contributed by atoms with Crippen LogP contribution in [0.5, 0.6) is 0 Å². The van der Waals surface area contributed by atoms with Crippen LogP contribution in [0.3, 0.4) is 0 Å². The summed E-state index contributed by atoms with van der Waals surface area (Å²) in [5, 5.41) is 2.99. The number of carbonyl (C=O) groups is 3. The Balaban J connectivity index is 1.75. The molecule has 200 valence electrons. The van der Waals surface area contributed by atoms with Gasteiger partial charge in [-0.25, -0.2) is 0 Å². The molecule has 38 heavy (non-hydrogen) atoms. The number of nitrogens with zero attached hydrogens (tertiary/aromatic N) is 3. The molecule has 0 unspecified atom stereocenters. The van der Waals surface area contributed by atoms with Crippen LogP contribution in [0.4, 0.5) is 11.4 Å². The second-order valence-electron chi connectivity index (χ2n) is 9.33. The van der Waals surface area contributed by atoms with Gasteiger partial charge in [0.05, 0.1) is 11.8 Å². The predicted octanol–water partition coefficient (Wildman–Crippen LogP) is 2.57. The number of nitrogens with two attached hydrogens (primary N) is 2. The van der Waals surface area contributed by atoms with E-state index in [0.29, 0.717) is 18.7 Å². The molecule has 0 radical (unpaired) electrons. The zero-order valence-electron chi connectivity index (χ0n) is 21.4. The fraction of sp³-hybridized carbons (Fsp3) is 0.333. The summed E-state index contributed by atoms with van der Waals surface area (Å²) in [5.41, 5.74) is 13.7. The minimum Gasteiger partial charge on any atom is -0.395 e. The smallest absolute Gasteiger partial charge is 0.270 e. The van der Waals surface area contributed by atoms with Gasteiger partial charge in [-0.2, -0.15) is 4.37 Å². The number of hydrogen-bond acceptors (Lipinski definition) is 8. The SMILES string of the molecule is CN(C)c1ccc([C@H](C(=O)NC[C@@H]2CCCO2)N(Cc2ccccc2)C(=O)c2snc(C(N)=O)c2N)cc1. The van der Waals surface area contributed by atoms with E-state index in [1.165, 1.54) is 4.90 Å². The maximum Gasteiger partial charge on any atom is 0.270 e. The molecule has 1 aromatic heterocycles. The number of anilines is 2. The minimum absolute atomic E-state index is 0.0524. The van der Waals surface area contributed by atoms with Crippen LogP contribution in [-0.2, 0) is 16.1 Å². The lowest BCUT2D eigenvalue weighted by molar-refractivity contribution is -0.126. The van der Waals surface area contributed by atoms with Crippen LogP contribution >= 0.6 is 11.5 Å². The van der Waals surface area contributed by atoms with E-state index in [1.54, 1.807) is 0 Å². The van der Waals surface area contributed by atoms with Crippen molar-refractivity contribution in [1.82, 2.24) is 14.6 Å². The highest BCUT2D eigenvalue weighted by atomic mass is 32.1. The average molecular weight is 537 g/mol.